The predicted molar refractivity (Wildman–Crippen MR) is 124 cm³/mol. The van der Waals surface area contributed by atoms with Gasteiger partial charge in [-0.05, 0) is 44.4 Å². The summed E-state index contributed by atoms with van der Waals surface area (Å²) in [5.41, 5.74) is 1.13. The number of piperidine rings is 1. The fourth-order valence-corrected chi connectivity index (χ4v) is 3.34. The number of aromatic nitrogens is 3. The Kier molecular flexibility index (Phi) is 9.65. The van der Waals surface area contributed by atoms with Crippen LogP contribution in [0, 0.1) is 6.92 Å². The lowest BCUT2D eigenvalue weighted by Gasteiger charge is -2.33. The van der Waals surface area contributed by atoms with E-state index in [1.165, 1.54) is 0 Å². The van der Waals surface area contributed by atoms with E-state index in [1.807, 2.05) is 38.1 Å². The third-order valence-electron chi connectivity index (χ3n) is 4.83. The second kappa shape index (κ2) is 12.0. The number of hydrogen-bond acceptors (Lipinski definition) is 5. The van der Waals surface area contributed by atoms with Crippen LogP contribution in [0.4, 0.5) is 0 Å². The summed E-state index contributed by atoms with van der Waals surface area (Å²) in [7, 11) is 0. The zero-order valence-electron chi connectivity index (χ0n) is 17.0. The smallest absolute Gasteiger partial charge is 0.194 e. The number of hydrogen-bond donors (Lipinski definition) is 3. The molecule has 3 rings (SSSR count). The van der Waals surface area contributed by atoms with Gasteiger partial charge < -0.3 is 20.1 Å². The van der Waals surface area contributed by atoms with Crippen molar-refractivity contribution in [3.8, 4) is 5.75 Å². The number of aromatic amines is 1. The van der Waals surface area contributed by atoms with Gasteiger partial charge in [-0.1, -0.05) is 12.1 Å². The SMILES string of the molecule is CCNC(=NCC(O)COc1cccc(C)c1)N1CCC(c2ncn[nH]2)CC1.I. The van der Waals surface area contributed by atoms with Gasteiger partial charge in [0.15, 0.2) is 5.96 Å². The number of aliphatic hydroxyl groups excluding tert-OH is 1. The van der Waals surface area contributed by atoms with Crippen molar-refractivity contribution in [2.75, 3.05) is 32.8 Å². The van der Waals surface area contributed by atoms with Gasteiger partial charge in [0.05, 0.1) is 6.54 Å². The summed E-state index contributed by atoms with van der Waals surface area (Å²) in [6, 6.07) is 7.81. The van der Waals surface area contributed by atoms with Crippen LogP contribution in [0.1, 0.15) is 37.1 Å². The summed E-state index contributed by atoms with van der Waals surface area (Å²) in [5, 5.41) is 20.5. The van der Waals surface area contributed by atoms with Gasteiger partial charge in [-0.25, -0.2) is 4.98 Å². The Balaban J connectivity index is 0.00000300. The number of H-pyrrole nitrogens is 1. The maximum absolute atomic E-state index is 10.3. The number of aliphatic imine (C=N–C) groups is 1. The average Bonchev–Trinajstić information content (AvgIpc) is 3.25. The van der Waals surface area contributed by atoms with Crippen molar-refractivity contribution in [3.05, 3.63) is 42.0 Å². The highest BCUT2D eigenvalue weighted by Gasteiger charge is 2.24. The molecule has 1 atom stereocenters. The van der Waals surface area contributed by atoms with Gasteiger partial charge in [0.2, 0.25) is 0 Å². The minimum atomic E-state index is -0.652. The van der Waals surface area contributed by atoms with Crippen LogP contribution in [0.3, 0.4) is 0 Å². The molecule has 1 aromatic heterocycles. The van der Waals surface area contributed by atoms with Crippen molar-refractivity contribution in [1.29, 1.82) is 0 Å². The van der Waals surface area contributed by atoms with Crippen LogP contribution in [0.15, 0.2) is 35.6 Å². The third kappa shape index (κ3) is 7.14. The van der Waals surface area contributed by atoms with Crippen LogP contribution in [0.5, 0.6) is 5.75 Å². The summed E-state index contributed by atoms with van der Waals surface area (Å²) in [6.07, 6.45) is 2.91. The van der Waals surface area contributed by atoms with E-state index >= 15 is 0 Å². The number of nitrogens with zero attached hydrogens (tertiary/aromatic N) is 4. The Morgan fingerprint density at radius 3 is 2.86 bits per heavy atom. The molecule has 2 heterocycles. The number of likely N-dealkylation sites (tertiary alicyclic amines) is 1. The van der Waals surface area contributed by atoms with Crippen LogP contribution in [0.25, 0.3) is 0 Å². The molecule has 0 saturated carbocycles. The van der Waals surface area contributed by atoms with Gasteiger partial charge in [0.25, 0.3) is 0 Å². The van der Waals surface area contributed by atoms with E-state index in [1.54, 1.807) is 6.33 Å². The molecule has 1 aromatic carbocycles. The molecule has 1 fully saturated rings. The van der Waals surface area contributed by atoms with Crippen molar-refractivity contribution in [1.82, 2.24) is 25.4 Å². The summed E-state index contributed by atoms with van der Waals surface area (Å²) >= 11 is 0. The second-order valence-corrected chi connectivity index (χ2v) is 7.11. The Morgan fingerprint density at radius 1 is 1.41 bits per heavy atom. The van der Waals surface area contributed by atoms with E-state index in [-0.39, 0.29) is 30.6 Å². The molecule has 0 aliphatic carbocycles. The lowest BCUT2D eigenvalue weighted by atomic mass is 9.96. The Labute approximate surface area is 189 Å². The van der Waals surface area contributed by atoms with E-state index in [0.717, 1.165) is 55.6 Å². The number of benzene rings is 1. The summed E-state index contributed by atoms with van der Waals surface area (Å²) in [5.74, 6) is 2.98. The fraction of sp³-hybridized carbons (Fsp3) is 0.550. The highest BCUT2D eigenvalue weighted by Crippen LogP contribution is 2.24. The summed E-state index contributed by atoms with van der Waals surface area (Å²) in [6.45, 7) is 7.17. The highest BCUT2D eigenvalue weighted by atomic mass is 127. The molecule has 1 aliphatic heterocycles. The number of ether oxygens (including phenoxy) is 1. The maximum atomic E-state index is 10.3. The van der Waals surface area contributed by atoms with Gasteiger partial charge >= 0.3 is 0 Å². The molecule has 3 N–H and O–H groups in total. The third-order valence-corrected chi connectivity index (χ3v) is 4.83. The molecule has 0 radical (unpaired) electrons. The Morgan fingerprint density at radius 2 is 2.21 bits per heavy atom. The molecule has 9 heteroatoms. The van der Waals surface area contributed by atoms with Gasteiger partial charge in [0.1, 0.15) is 30.6 Å². The first-order valence-corrected chi connectivity index (χ1v) is 9.91. The van der Waals surface area contributed by atoms with E-state index in [9.17, 15) is 5.11 Å². The quantitative estimate of drug-likeness (QED) is 0.298. The van der Waals surface area contributed by atoms with Crippen LogP contribution in [-0.4, -0.2) is 70.0 Å². The van der Waals surface area contributed by atoms with Gasteiger partial charge in [0, 0.05) is 25.6 Å². The van der Waals surface area contributed by atoms with Crippen LogP contribution in [-0.2, 0) is 0 Å². The van der Waals surface area contributed by atoms with Crippen molar-refractivity contribution in [3.63, 3.8) is 0 Å². The van der Waals surface area contributed by atoms with Gasteiger partial charge in [-0.3, -0.25) is 10.1 Å². The molecule has 160 valence electrons. The Hall–Kier alpha value is -1.88. The molecule has 29 heavy (non-hydrogen) atoms. The lowest BCUT2D eigenvalue weighted by molar-refractivity contribution is 0.114. The van der Waals surface area contributed by atoms with Crippen LogP contribution in [0.2, 0.25) is 0 Å². The molecule has 0 amide bonds. The highest BCUT2D eigenvalue weighted by molar-refractivity contribution is 14.0. The molecule has 8 nitrogen and oxygen atoms in total. The van der Waals surface area contributed by atoms with E-state index in [2.05, 4.69) is 30.4 Å². The Bertz CT molecular complexity index is 747. The first kappa shape index (κ1) is 23.4. The molecule has 0 spiro atoms. The minimum Gasteiger partial charge on any atom is -0.491 e. The second-order valence-electron chi connectivity index (χ2n) is 7.11. The van der Waals surface area contributed by atoms with Gasteiger partial charge in [-0.15, -0.1) is 24.0 Å². The maximum Gasteiger partial charge on any atom is 0.194 e. The van der Waals surface area contributed by atoms with Crippen LogP contribution >= 0.6 is 24.0 Å². The lowest BCUT2D eigenvalue weighted by Crippen LogP contribution is -2.45. The van der Waals surface area contributed by atoms with E-state index < -0.39 is 6.10 Å². The normalized spacial score (nSPS) is 16.2. The molecule has 1 aliphatic rings. The van der Waals surface area contributed by atoms with E-state index in [0.29, 0.717) is 12.5 Å². The van der Waals surface area contributed by atoms with Crippen molar-refractivity contribution in [2.45, 2.75) is 38.7 Å². The number of rotatable bonds is 7. The topological polar surface area (TPSA) is 98.7 Å². The number of aryl methyl sites for hydroxylation is 1. The van der Waals surface area contributed by atoms with E-state index in [4.69, 9.17) is 4.74 Å². The standard InChI is InChI=1S/C20H30N6O2.HI/c1-3-21-20(26-9-7-16(8-10-26)19-23-14-24-25-19)22-12-17(27)13-28-18-6-4-5-15(2)11-18;/h4-6,11,14,16-17,27H,3,7-10,12-13H2,1-2H3,(H,21,22)(H,23,24,25);1H. The molecule has 1 saturated heterocycles. The van der Waals surface area contributed by atoms with Gasteiger partial charge in [-0.2, -0.15) is 5.10 Å². The summed E-state index contributed by atoms with van der Waals surface area (Å²) < 4.78 is 5.67. The number of halogens is 1. The first-order chi connectivity index (χ1) is 13.7. The minimum absolute atomic E-state index is 0. The van der Waals surface area contributed by atoms with Crippen molar-refractivity contribution in [2.24, 2.45) is 4.99 Å². The monoisotopic (exact) mass is 514 g/mol. The van der Waals surface area contributed by atoms with Crippen molar-refractivity contribution >= 4 is 29.9 Å². The predicted octanol–water partition coefficient (Wildman–Crippen LogP) is 2.32. The average molecular weight is 514 g/mol. The first-order valence-electron chi connectivity index (χ1n) is 9.91. The molecule has 2 aromatic rings. The summed E-state index contributed by atoms with van der Waals surface area (Å²) in [4.78, 5) is 11.1. The molecule has 0 bridgehead atoms. The molecular weight excluding hydrogens is 483 g/mol. The zero-order valence-corrected chi connectivity index (χ0v) is 19.4. The number of guanidine groups is 1. The largest absolute Gasteiger partial charge is 0.491 e. The number of nitrogens with one attached hydrogen (secondary N) is 2. The van der Waals surface area contributed by atoms with Crippen LogP contribution < -0.4 is 10.1 Å². The molecule has 1 unspecified atom stereocenters. The number of aliphatic hydroxyl groups is 1. The zero-order chi connectivity index (χ0) is 19.8. The van der Waals surface area contributed by atoms with Crippen molar-refractivity contribution < 1.29 is 9.84 Å². The molecular formula is C20H31IN6O2. The fourth-order valence-electron chi connectivity index (χ4n) is 3.34.